The van der Waals surface area contributed by atoms with Crippen molar-refractivity contribution in [3.05, 3.63) is 39.9 Å². The van der Waals surface area contributed by atoms with Gasteiger partial charge in [-0.25, -0.2) is 0 Å². The second-order valence-corrected chi connectivity index (χ2v) is 8.08. The van der Waals surface area contributed by atoms with Gasteiger partial charge in [0, 0.05) is 24.1 Å². The molecule has 3 N–H and O–H groups in total. The molecule has 0 spiro atoms. The average molecular weight is 401 g/mol. The second kappa shape index (κ2) is 12.3. The van der Waals surface area contributed by atoms with Crippen LogP contribution in [0, 0.1) is 10.1 Å². The van der Waals surface area contributed by atoms with E-state index in [4.69, 9.17) is 5.73 Å². The third kappa shape index (κ3) is 9.04. The number of non-ortho nitro benzene ring substituents is 1. The number of halogens is 1. The lowest BCUT2D eigenvalue weighted by atomic mass is 9.75. The molecule has 0 saturated carbocycles. The first kappa shape index (κ1) is 25.8. The predicted molar refractivity (Wildman–Crippen MR) is 114 cm³/mol. The molecule has 27 heavy (non-hydrogen) atoms. The summed E-state index contributed by atoms with van der Waals surface area (Å²) < 4.78 is 0. The van der Waals surface area contributed by atoms with E-state index in [9.17, 15) is 15.2 Å². The van der Waals surface area contributed by atoms with Gasteiger partial charge in [-0.15, -0.1) is 12.4 Å². The molecule has 0 aromatic heterocycles. The van der Waals surface area contributed by atoms with Gasteiger partial charge in [0.15, 0.2) is 0 Å². The number of nitrogens with two attached hydrogens (primary N) is 1. The summed E-state index contributed by atoms with van der Waals surface area (Å²) in [5.41, 5.74) is 5.21. The normalized spacial score (nSPS) is 13.7. The Morgan fingerprint density at radius 2 is 1.63 bits per heavy atom. The molecule has 0 bridgehead atoms. The van der Waals surface area contributed by atoms with Gasteiger partial charge in [0.05, 0.1) is 10.5 Å². The number of benzene rings is 1. The van der Waals surface area contributed by atoms with Crippen LogP contribution >= 0.6 is 12.4 Å². The summed E-state index contributed by atoms with van der Waals surface area (Å²) in [5, 5.41) is 22.2. The zero-order chi connectivity index (χ0) is 19.6. The average Bonchev–Trinajstić information content (AvgIpc) is 2.56. The summed E-state index contributed by atoms with van der Waals surface area (Å²) in [6.45, 7) is 5.88. The van der Waals surface area contributed by atoms with Crippen molar-refractivity contribution in [3.8, 4) is 0 Å². The lowest BCUT2D eigenvalue weighted by molar-refractivity contribution is -0.384. The molecule has 1 aromatic rings. The summed E-state index contributed by atoms with van der Waals surface area (Å²) >= 11 is 0. The van der Waals surface area contributed by atoms with Crippen molar-refractivity contribution in [1.82, 2.24) is 0 Å². The topological polar surface area (TPSA) is 89.4 Å². The molecule has 1 atom stereocenters. The molecule has 0 radical (unpaired) electrons. The van der Waals surface area contributed by atoms with Crippen LogP contribution in [0.1, 0.15) is 84.1 Å². The Kier molecular flexibility index (Phi) is 11.8. The smallest absolute Gasteiger partial charge is 0.269 e. The van der Waals surface area contributed by atoms with Crippen molar-refractivity contribution in [2.45, 2.75) is 96.1 Å². The fraction of sp³-hybridized carbons (Fsp3) is 0.714. The molecule has 0 aliphatic rings. The Hall–Kier alpha value is -1.17. The van der Waals surface area contributed by atoms with E-state index in [2.05, 4.69) is 6.92 Å². The molecule has 0 aliphatic heterocycles. The molecule has 1 unspecified atom stereocenters. The molecule has 0 aliphatic carbocycles. The molecule has 0 saturated heterocycles. The number of nitrogens with zero attached hydrogens (tertiary/aromatic N) is 1. The van der Waals surface area contributed by atoms with Crippen LogP contribution in [-0.2, 0) is 6.42 Å². The van der Waals surface area contributed by atoms with Crippen molar-refractivity contribution >= 4 is 18.1 Å². The van der Waals surface area contributed by atoms with Crippen LogP contribution in [0.5, 0.6) is 0 Å². The lowest BCUT2D eigenvalue weighted by Crippen LogP contribution is -2.57. The van der Waals surface area contributed by atoms with Crippen LogP contribution in [0.3, 0.4) is 0 Å². The molecular weight excluding hydrogens is 364 g/mol. The maximum atomic E-state index is 11.2. The first-order valence-corrected chi connectivity index (χ1v) is 9.94. The van der Waals surface area contributed by atoms with E-state index in [0.29, 0.717) is 12.8 Å². The Morgan fingerprint density at radius 3 is 2.15 bits per heavy atom. The van der Waals surface area contributed by atoms with Crippen LogP contribution in [0.2, 0.25) is 0 Å². The van der Waals surface area contributed by atoms with Crippen molar-refractivity contribution in [2.75, 3.05) is 0 Å². The Balaban J connectivity index is 0.00000676. The largest absolute Gasteiger partial charge is 0.388 e. The van der Waals surface area contributed by atoms with Crippen LogP contribution < -0.4 is 5.73 Å². The zero-order valence-electron chi connectivity index (χ0n) is 17.1. The highest BCUT2D eigenvalue weighted by Crippen LogP contribution is 2.31. The molecule has 1 rings (SSSR count). The lowest BCUT2D eigenvalue weighted by Gasteiger charge is -2.40. The number of nitro benzene ring substituents is 1. The van der Waals surface area contributed by atoms with Crippen LogP contribution in [0.15, 0.2) is 24.3 Å². The van der Waals surface area contributed by atoms with Gasteiger partial charge < -0.3 is 10.8 Å². The highest BCUT2D eigenvalue weighted by Gasteiger charge is 2.40. The van der Waals surface area contributed by atoms with Gasteiger partial charge in [0.1, 0.15) is 0 Å². The minimum absolute atomic E-state index is 0. The molecule has 156 valence electrons. The van der Waals surface area contributed by atoms with Gasteiger partial charge in [0.25, 0.3) is 5.69 Å². The number of unbranched alkanes of at least 4 members (excludes halogenated alkanes) is 7. The number of rotatable bonds is 13. The quantitative estimate of drug-likeness (QED) is 0.257. The first-order valence-electron chi connectivity index (χ1n) is 9.94. The summed E-state index contributed by atoms with van der Waals surface area (Å²) in [5.74, 6) is 0. The van der Waals surface area contributed by atoms with Crippen molar-refractivity contribution in [1.29, 1.82) is 0 Å². The van der Waals surface area contributed by atoms with Crippen molar-refractivity contribution < 1.29 is 10.0 Å². The number of nitro groups is 1. The molecule has 1 aromatic carbocycles. The number of hydrogen-bond donors (Lipinski definition) is 2. The SMILES string of the molecule is CCCCCCCCCCC(O)(Cc1cccc([N+](=O)[O-])c1)C(C)(C)N.Cl. The molecule has 0 amide bonds. The fourth-order valence-electron chi connectivity index (χ4n) is 3.31. The summed E-state index contributed by atoms with van der Waals surface area (Å²) in [6.07, 6.45) is 10.5. The zero-order valence-corrected chi connectivity index (χ0v) is 17.9. The third-order valence-corrected chi connectivity index (χ3v) is 5.26. The minimum atomic E-state index is -1.08. The Labute approximate surface area is 170 Å². The van der Waals surface area contributed by atoms with E-state index in [0.717, 1.165) is 18.4 Å². The van der Waals surface area contributed by atoms with E-state index >= 15 is 0 Å². The Bertz CT molecular complexity index is 561. The van der Waals surface area contributed by atoms with Gasteiger partial charge in [0.2, 0.25) is 0 Å². The number of hydrogen-bond acceptors (Lipinski definition) is 4. The Morgan fingerprint density at radius 1 is 1.07 bits per heavy atom. The minimum Gasteiger partial charge on any atom is -0.388 e. The summed E-state index contributed by atoms with van der Waals surface area (Å²) in [4.78, 5) is 10.6. The van der Waals surface area contributed by atoms with E-state index in [1.807, 2.05) is 19.9 Å². The van der Waals surface area contributed by atoms with Crippen LogP contribution in [0.25, 0.3) is 0 Å². The molecule has 0 heterocycles. The molecule has 5 nitrogen and oxygen atoms in total. The third-order valence-electron chi connectivity index (χ3n) is 5.26. The molecule has 0 fully saturated rings. The molecule has 6 heteroatoms. The van der Waals surface area contributed by atoms with E-state index < -0.39 is 16.1 Å². The van der Waals surface area contributed by atoms with E-state index in [1.165, 1.54) is 50.7 Å². The summed E-state index contributed by atoms with van der Waals surface area (Å²) in [6, 6.07) is 6.48. The van der Waals surface area contributed by atoms with Crippen molar-refractivity contribution in [2.24, 2.45) is 5.73 Å². The fourth-order valence-corrected chi connectivity index (χ4v) is 3.31. The molecular formula is C21H37ClN2O3. The summed E-state index contributed by atoms with van der Waals surface area (Å²) in [7, 11) is 0. The van der Waals surface area contributed by atoms with Crippen molar-refractivity contribution in [3.63, 3.8) is 0 Å². The maximum Gasteiger partial charge on any atom is 0.269 e. The highest BCUT2D eigenvalue weighted by atomic mass is 35.5. The maximum absolute atomic E-state index is 11.2. The van der Waals surface area contributed by atoms with Crippen LogP contribution in [0.4, 0.5) is 5.69 Å². The van der Waals surface area contributed by atoms with Gasteiger partial charge in [-0.2, -0.15) is 0 Å². The first-order chi connectivity index (χ1) is 12.2. The highest BCUT2D eigenvalue weighted by molar-refractivity contribution is 5.85. The van der Waals surface area contributed by atoms with Gasteiger partial charge in [-0.1, -0.05) is 70.4 Å². The monoisotopic (exact) mass is 400 g/mol. The van der Waals surface area contributed by atoms with E-state index in [-0.39, 0.29) is 18.1 Å². The van der Waals surface area contributed by atoms with Crippen LogP contribution in [-0.4, -0.2) is 21.2 Å². The van der Waals surface area contributed by atoms with E-state index in [1.54, 1.807) is 6.07 Å². The predicted octanol–water partition coefficient (Wildman–Crippen LogP) is 5.56. The second-order valence-electron chi connectivity index (χ2n) is 8.08. The number of aliphatic hydroxyl groups is 1. The van der Waals surface area contributed by atoms with Gasteiger partial charge >= 0.3 is 0 Å². The van der Waals surface area contributed by atoms with Gasteiger partial charge in [-0.3, -0.25) is 10.1 Å². The van der Waals surface area contributed by atoms with Gasteiger partial charge in [-0.05, 0) is 25.8 Å². The standard InChI is InChI=1S/C21H36N2O3.ClH/c1-4-5-6-7-8-9-10-11-15-21(24,20(2,3)22)17-18-13-12-14-19(16-18)23(25)26;/h12-14,16,24H,4-11,15,17,22H2,1-3H3;1H.